The highest BCUT2D eigenvalue weighted by molar-refractivity contribution is 7.98. The van der Waals surface area contributed by atoms with Crippen LogP contribution in [0.5, 0.6) is 5.75 Å². The van der Waals surface area contributed by atoms with E-state index in [-0.39, 0.29) is 10.8 Å². The quantitative estimate of drug-likeness (QED) is 0.669. The summed E-state index contributed by atoms with van der Waals surface area (Å²) in [6.07, 6.45) is 0. The van der Waals surface area contributed by atoms with Crippen LogP contribution < -0.4 is 0 Å². The third-order valence-electron chi connectivity index (χ3n) is 3.95. The molecule has 2 rings (SSSR count). The molecule has 0 bridgehead atoms. The van der Waals surface area contributed by atoms with Gasteiger partial charge in [-0.05, 0) is 28.5 Å². The van der Waals surface area contributed by atoms with Gasteiger partial charge in [-0.2, -0.15) is 0 Å². The predicted octanol–water partition coefficient (Wildman–Crippen LogP) is 6.28. The van der Waals surface area contributed by atoms with Crippen LogP contribution in [0.1, 0.15) is 58.2 Å². The van der Waals surface area contributed by atoms with Crippen LogP contribution in [-0.2, 0) is 16.6 Å². The number of rotatable bonds is 3. The van der Waals surface area contributed by atoms with E-state index >= 15 is 0 Å². The number of hydrogen-bond donors (Lipinski definition) is 1. The molecule has 1 nitrogen and oxygen atoms in total. The first-order valence-electron chi connectivity index (χ1n) is 8.14. The van der Waals surface area contributed by atoms with Crippen molar-refractivity contribution in [3.8, 4) is 5.75 Å². The van der Waals surface area contributed by atoms with Gasteiger partial charge in [-0.15, -0.1) is 11.8 Å². The fourth-order valence-corrected chi connectivity index (χ4v) is 3.50. The Labute approximate surface area is 145 Å². The molecule has 2 heteroatoms. The Morgan fingerprint density at radius 1 is 0.826 bits per heavy atom. The average molecular weight is 329 g/mol. The van der Waals surface area contributed by atoms with E-state index in [0.717, 1.165) is 16.9 Å². The zero-order valence-corrected chi connectivity index (χ0v) is 15.9. The SMILES string of the molecule is CC(C)(C)c1cc(SCc2ccccc2)cc(C(C)(C)C)c1O. The molecule has 0 radical (unpaired) electrons. The minimum atomic E-state index is -0.0760. The summed E-state index contributed by atoms with van der Waals surface area (Å²) in [7, 11) is 0. The van der Waals surface area contributed by atoms with E-state index in [1.165, 1.54) is 10.5 Å². The van der Waals surface area contributed by atoms with Crippen LogP contribution in [-0.4, -0.2) is 5.11 Å². The highest BCUT2D eigenvalue weighted by Crippen LogP contribution is 2.42. The van der Waals surface area contributed by atoms with Crippen molar-refractivity contribution in [3.05, 3.63) is 59.2 Å². The molecule has 0 spiro atoms. The smallest absolute Gasteiger partial charge is 0.123 e. The van der Waals surface area contributed by atoms with Gasteiger partial charge in [-0.1, -0.05) is 71.9 Å². The van der Waals surface area contributed by atoms with Crippen molar-refractivity contribution >= 4 is 11.8 Å². The van der Waals surface area contributed by atoms with Crippen molar-refractivity contribution in [1.82, 2.24) is 0 Å². The van der Waals surface area contributed by atoms with Crippen molar-refractivity contribution in [2.45, 2.75) is 63.0 Å². The molecule has 0 unspecified atom stereocenters. The third kappa shape index (κ3) is 4.54. The molecule has 0 saturated heterocycles. The molecule has 0 atom stereocenters. The van der Waals surface area contributed by atoms with Crippen LogP contribution in [0.4, 0.5) is 0 Å². The fourth-order valence-electron chi connectivity index (χ4n) is 2.58. The zero-order valence-electron chi connectivity index (χ0n) is 15.1. The lowest BCUT2D eigenvalue weighted by Gasteiger charge is -2.28. The van der Waals surface area contributed by atoms with Gasteiger partial charge in [-0.25, -0.2) is 0 Å². The Balaban J connectivity index is 2.40. The Morgan fingerprint density at radius 2 is 1.30 bits per heavy atom. The van der Waals surface area contributed by atoms with Gasteiger partial charge in [0.05, 0.1) is 0 Å². The van der Waals surface area contributed by atoms with E-state index in [1.54, 1.807) is 0 Å². The standard InChI is InChI=1S/C21H28OS/c1-20(2,3)17-12-16(13-18(19(17)22)21(4,5)6)23-14-15-10-8-7-9-11-15/h7-13,22H,14H2,1-6H3. The van der Waals surface area contributed by atoms with Crippen LogP contribution in [0, 0.1) is 0 Å². The molecule has 2 aromatic rings. The summed E-state index contributed by atoms with van der Waals surface area (Å²) >= 11 is 1.83. The van der Waals surface area contributed by atoms with Crippen molar-refractivity contribution in [2.75, 3.05) is 0 Å². The molecule has 0 aromatic heterocycles. The van der Waals surface area contributed by atoms with E-state index in [1.807, 2.05) is 17.8 Å². The van der Waals surface area contributed by atoms with E-state index in [9.17, 15) is 5.11 Å². The van der Waals surface area contributed by atoms with Gasteiger partial charge in [0.2, 0.25) is 0 Å². The maximum absolute atomic E-state index is 10.8. The summed E-state index contributed by atoms with van der Waals surface area (Å²) in [5.74, 6) is 1.40. The Hall–Kier alpha value is -1.41. The van der Waals surface area contributed by atoms with Crippen LogP contribution in [0.15, 0.2) is 47.4 Å². The molecule has 0 saturated carbocycles. The second-order valence-corrected chi connectivity index (χ2v) is 9.19. The molecule has 1 N–H and O–H groups in total. The monoisotopic (exact) mass is 328 g/mol. The summed E-state index contributed by atoms with van der Waals surface area (Å²) in [6, 6.07) is 14.8. The second kappa shape index (κ2) is 6.60. The zero-order chi connectivity index (χ0) is 17.3. The molecule has 2 aromatic carbocycles. The largest absolute Gasteiger partial charge is 0.507 e. The Kier molecular flexibility index (Phi) is 5.15. The van der Waals surface area contributed by atoms with Crippen LogP contribution in [0.2, 0.25) is 0 Å². The number of thioether (sulfide) groups is 1. The Morgan fingerprint density at radius 3 is 1.74 bits per heavy atom. The first kappa shape index (κ1) is 17.9. The third-order valence-corrected chi connectivity index (χ3v) is 4.99. The number of aromatic hydroxyl groups is 1. The van der Waals surface area contributed by atoms with Crippen LogP contribution >= 0.6 is 11.8 Å². The predicted molar refractivity (Wildman–Crippen MR) is 102 cm³/mol. The summed E-state index contributed by atoms with van der Waals surface area (Å²) in [5.41, 5.74) is 3.22. The maximum Gasteiger partial charge on any atom is 0.123 e. The lowest BCUT2D eigenvalue weighted by molar-refractivity contribution is 0.422. The van der Waals surface area contributed by atoms with Gasteiger partial charge in [0.15, 0.2) is 0 Å². The van der Waals surface area contributed by atoms with E-state index < -0.39 is 0 Å². The lowest BCUT2D eigenvalue weighted by atomic mass is 9.79. The summed E-state index contributed by atoms with van der Waals surface area (Å²) in [6.45, 7) is 12.9. The molecular weight excluding hydrogens is 300 g/mol. The number of phenols is 1. The molecule has 124 valence electrons. The van der Waals surface area contributed by atoms with Crippen LogP contribution in [0.25, 0.3) is 0 Å². The molecule has 0 aliphatic heterocycles. The van der Waals surface area contributed by atoms with Crippen molar-refractivity contribution in [1.29, 1.82) is 0 Å². The highest BCUT2D eigenvalue weighted by atomic mass is 32.2. The van der Waals surface area contributed by atoms with Gasteiger partial charge in [0.1, 0.15) is 5.75 Å². The Bertz CT molecular complexity index is 625. The summed E-state index contributed by atoms with van der Waals surface area (Å²) in [5, 5.41) is 10.8. The molecular formula is C21H28OS. The fraction of sp³-hybridized carbons (Fsp3) is 0.429. The van der Waals surface area contributed by atoms with E-state index in [2.05, 4.69) is 77.9 Å². The minimum absolute atomic E-state index is 0.0760. The normalized spacial score (nSPS) is 12.4. The molecule has 0 heterocycles. The highest BCUT2D eigenvalue weighted by Gasteiger charge is 2.26. The van der Waals surface area contributed by atoms with Gasteiger partial charge >= 0.3 is 0 Å². The van der Waals surface area contributed by atoms with Gasteiger partial charge < -0.3 is 5.11 Å². The first-order chi connectivity index (χ1) is 10.6. The van der Waals surface area contributed by atoms with Crippen LogP contribution in [0.3, 0.4) is 0 Å². The number of benzene rings is 2. The molecule has 0 aliphatic rings. The van der Waals surface area contributed by atoms with Crippen molar-refractivity contribution < 1.29 is 5.11 Å². The van der Waals surface area contributed by atoms with E-state index in [0.29, 0.717) is 5.75 Å². The second-order valence-electron chi connectivity index (χ2n) is 8.14. The maximum atomic E-state index is 10.8. The van der Waals surface area contributed by atoms with Crippen molar-refractivity contribution in [3.63, 3.8) is 0 Å². The van der Waals surface area contributed by atoms with Crippen molar-refractivity contribution in [2.24, 2.45) is 0 Å². The summed E-state index contributed by atoms with van der Waals surface area (Å²) in [4.78, 5) is 1.22. The topological polar surface area (TPSA) is 20.2 Å². The van der Waals surface area contributed by atoms with E-state index in [4.69, 9.17) is 0 Å². The number of hydrogen-bond acceptors (Lipinski definition) is 2. The molecule has 0 amide bonds. The molecule has 0 aliphatic carbocycles. The number of phenolic OH excluding ortho intramolecular Hbond substituents is 1. The van der Waals surface area contributed by atoms with Gasteiger partial charge in [-0.3, -0.25) is 0 Å². The van der Waals surface area contributed by atoms with Gasteiger partial charge in [0.25, 0.3) is 0 Å². The average Bonchev–Trinajstić information content (AvgIpc) is 2.44. The minimum Gasteiger partial charge on any atom is -0.507 e. The first-order valence-corrected chi connectivity index (χ1v) is 9.12. The molecule has 0 fully saturated rings. The summed E-state index contributed by atoms with van der Waals surface area (Å²) < 4.78 is 0. The lowest BCUT2D eigenvalue weighted by Crippen LogP contribution is -2.17. The molecule has 23 heavy (non-hydrogen) atoms. The van der Waals surface area contributed by atoms with Gasteiger partial charge in [0, 0.05) is 21.8 Å².